The van der Waals surface area contributed by atoms with Crippen LogP contribution in [0, 0.1) is 0 Å². The Bertz CT molecular complexity index is 1190. The number of hydrogen-bond donors (Lipinski definition) is 2. The van der Waals surface area contributed by atoms with Gasteiger partial charge < -0.3 is 5.73 Å². The highest BCUT2D eigenvalue weighted by molar-refractivity contribution is 7.85. The quantitative estimate of drug-likeness (QED) is 0.444. The summed E-state index contributed by atoms with van der Waals surface area (Å²) in [6.07, 6.45) is 0. The highest BCUT2D eigenvalue weighted by Crippen LogP contribution is 2.21. The molecule has 1 unspecified atom stereocenters. The van der Waals surface area contributed by atoms with Crippen molar-refractivity contribution in [3.8, 4) is 11.1 Å². The van der Waals surface area contributed by atoms with Crippen LogP contribution in [-0.4, -0.2) is 13.0 Å². The summed E-state index contributed by atoms with van der Waals surface area (Å²) in [5.41, 5.74) is 9.46. The van der Waals surface area contributed by atoms with E-state index in [0.29, 0.717) is 0 Å². The van der Waals surface area contributed by atoms with Gasteiger partial charge in [0.15, 0.2) is 0 Å². The number of benzene rings is 4. The summed E-state index contributed by atoms with van der Waals surface area (Å²) < 4.78 is 30.5. The van der Waals surface area contributed by atoms with Gasteiger partial charge in [0.1, 0.15) is 0 Å². The molecule has 4 nitrogen and oxygen atoms in total. The minimum atomic E-state index is -4.09. The molecule has 5 heteroatoms. The predicted molar refractivity (Wildman–Crippen MR) is 118 cm³/mol. The molecule has 0 heterocycles. The number of rotatable bonds is 3. The Morgan fingerprint density at radius 2 is 1.28 bits per heavy atom. The van der Waals surface area contributed by atoms with E-state index in [4.69, 9.17) is 10.3 Å². The van der Waals surface area contributed by atoms with Crippen LogP contribution in [0.15, 0.2) is 102 Å². The zero-order valence-electron chi connectivity index (χ0n) is 16.1. The maximum absolute atomic E-state index is 10.8. The zero-order valence-corrected chi connectivity index (χ0v) is 16.9. The average molecular weight is 406 g/mol. The highest BCUT2D eigenvalue weighted by Gasteiger charge is 2.08. The Kier molecular flexibility index (Phi) is 6.44. The molecule has 0 saturated heterocycles. The number of hydrogen-bond acceptors (Lipinski definition) is 3. The van der Waals surface area contributed by atoms with Crippen molar-refractivity contribution in [3.63, 3.8) is 0 Å². The second kappa shape index (κ2) is 9.01. The molecule has 0 amide bonds. The van der Waals surface area contributed by atoms with Gasteiger partial charge in [-0.25, -0.2) is 0 Å². The zero-order chi connectivity index (χ0) is 20.9. The first kappa shape index (κ1) is 20.7. The Balaban J connectivity index is 0.000000166. The molecule has 1 atom stereocenters. The third kappa shape index (κ3) is 5.51. The van der Waals surface area contributed by atoms with Crippen molar-refractivity contribution in [2.45, 2.75) is 17.9 Å². The summed E-state index contributed by atoms with van der Waals surface area (Å²) >= 11 is 0. The van der Waals surface area contributed by atoms with Gasteiger partial charge in [-0.05, 0) is 46.5 Å². The minimum Gasteiger partial charge on any atom is -0.324 e. The minimum absolute atomic E-state index is 0.0730. The molecule has 0 aliphatic rings. The molecule has 4 aromatic rings. The van der Waals surface area contributed by atoms with Gasteiger partial charge in [0.2, 0.25) is 0 Å². The number of fused-ring (bicyclic) bond motifs is 1. The molecule has 0 bridgehead atoms. The Morgan fingerprint density at radius 3 is 1.86 bits per heavy atom. The molecule has 0 aliphatic heterocycles. The van der Waals surface area contributed by atoms with Crippen LogP contribution in [0.4, 0.5) is 0 Å². The first-order valence-electron chi connectivity index (χ1n) is 9.22. The van der Waals surface area contributed by atoms with Crippen molar-refractivity contribution in [1.29, 1.82) is 0 Å². The molecular formula is C24H23NO3S. The SMILES string of the molecule is CC(N)c1ccc(-c2ccccc2)cc1.O=S(=O)(O)c1ccc2ccccc2c1. The van der Waals surface area contributed by atoms with E-state index in [1.165, 1.54) is 28.8 Å². The Morgan fingerprint density at radius 1 is 0.724 bits per heavy atom. The maximum Gasteiger partial charge on any atom is 0.294 e. The normalized spacial score (nSPS) is 12.1. The molecule has 3 N–H and O–H groups in total. The second-order valence-electron chi connectivity index (χ2n) is 6.76. The third-order valence-corrected chi connectivity index (χ3v) is 5.41. The maximum atomic E-state index is 10.8. The Labute approximate surface area is 171 Å². The fourth-order valence-electron chi connectivity index (χ4n) is 2.94. The van der Waals surface area contributed by atoms with E-state index >= 15 is 0 Å². The standard InChI is InChI=1S/C14H15N.C10H8O3S/c1-11(15)12-7-9-14(10-8-12)13-5-3-2-4-6-13;11-14(12,13)10-6-5-8-3-1-2-4-9(8)7-10/h2-11H,15H2,1H3;1-7H,(H,11,12,13). The van der Waals surface area contributed by atoms with Crippen LogP contribution in [0.1, 0.15) is 18.5 Å². The van der Waals surface area contributed by atoms with E-state index in [1.54, 1.807) is 12.1 Å². The van der Waals surface area contributed by atoms with Crippen LogP contribution >= 0.6 is 0 Å². The summed E-state index contributed by atoms with van der Waals surface area (Å²) in [5, 5.41) is 1.74. The van der Waals surface area contributed by atoms with Gasteiger partial charge in [-0.1, -0.05) is 84.9 Å². The van der Waals surface area contributed by atoms with E-state index in [2.05, 4.69) is 48.5 Å². The summed E-state index contributed by atoms with van der Waals surface area (Å²) in [7, 11) is -4.09. The molecular weight excluding hydrogens is 382 g/mol. The lowest BCUT2D eigenvalue weighted by atomic mass is 10.0. The second-order valence-corrected chi connectivity index (χ2v) is 8.18. The average Bonchev–Trinajstić information content (AvgIpc) is 2.74. The van der Waals surface area contributed by atoms with Gasteiger partial charge in [-0.15, -0.1) is 0 Å². The summed E-state index contributed by atoms with van der Waals surface area (Å²) in [6, 6.07) is 30.7. The van der Waals surface area contributed by atoms with Crippen molar-refractivity contribution in [2.75, 3.05) is 0 Å². The van der Waals surface area contributed by atoms with Gasteiger partial charge in [-0.2, -0.15) is 8.42 Å². The highest BCUT2D eigenvalue weighted by atomic mass is 32.2. The first-order chi connectivity index (χ1) is 13.8. The molecule has 0 aromatic heterocycles. The van der Waals surface area contributed by atoms with Crippen LogP contribution < -0.4 is 5.73 Å². The van der Waals surface area contributed by atoms with Crippen molar-refractivity contribution >= 4 is 20.9 Å². The Hall–Kier alpha value is -2.99. The molecule has 0 aliphatic carbocycles. The third-order valence-electron chi connectivity index (χ3n) is 4.56. The lowest BCUT2D eigenvalue weighted by Gasteiger charge is -2.06. The van der Waals surface area contributed by atoms with Crippen LogP contribution in [0.5, 0.6) is 0 Å². The molecule has 4 rings (SSSR count). The fourth-order valence-corrected chi connectivity index (χ4v) is 3.45. The van der Waals surface area contributed by atoms with Crippen LogP contribution in [0.2, 0.25) is 0 Å². The smallest absolute Gasteiger partial charge is 0.294 e. The van der Waals surface area contributed by atoms with Gasteiger partial charge in [-0.3, -0.25) is 4.55 Å². The summed E-state index contributed by atoms with van der Waals surface area (Å²) in [4.78, 5) is -0.0730. The lowest BCUT2D eigenvalue weighted by Crippen LogP contribution is -2.04. The van der Waals surface area contributed by atoms with Crippen LogP contribution in [0.3, 0.4) is 0 Å². The predicted octanol–water partition coefficient (Wildman–Crippen LogP) is 5.46. The molecule has 29 heavy (non-hydrogen) atoms. The summed E-state index contributed by atoms with van der Waals surface area (Å²) in [5.74, 6) is 0. The molecule has 0 spiro atoms. The lowest BCUT2D eigenvalue weighted by molar-refractivity contribution is 0.483. The molecule has 0 radical (unpaired) electrons. The van der Waals surface area contributed by atoms with E-state index in [0.717, 1.165) is 10.8 Å². The van der Waals surface area contributed by atoms with E-state index in [9.17, 15) is 8.42 Å². The van der Waals surface area contributed by atoms with Crippen molar-refractivity contribution in [3.05, 3.63) is 103 Å². The fraction of sp³-hybridized carbons (Fsp3) is 0.0833. The molecule has 148 valence electrons. The largest absolute Gasteiger partial charge is 0.324 e. The molecule has 4 aromatic carbocycles. The van der Waals surface area contributed by atoms with Crippen LogP contribution in [-0.2, 0) is 10.1 Å². The van der Waals surface area contributed by atoms with E-state index in [1.807, 2.05) is 31.2 Å². The van der Waals surface area contributed by atoms with Crippen molar-refractivity contribution < 1.29 is 13.0 Å². The first-order valence-corrected chi connectivity index (χ1v) is 10.7. The van der Waals surface area contributed by atoms with Gasteiger partial charge >= 0.3 is 0 Å². The molecule has 0 fully saturated rings. The van der Waals surface area contributed by atoms with Gasteiger partial charge in [0, 0.05) is 6.04 Å². The molecule has 0 saturated carbocycles. The van der Waals surface area contributed by atoms with Gasteiger partial charge in [0.05, 0.1) is 4.90 Å². The van der Waals surface area contributed by atoms with Gasteiger partial charge in [0.25, 0.3) is 10.1 Å². The van der Waals surface area contributed by atoms with Crippen molar-refractivity contribution in [2.24, 2.45) is 5.73 Å². The van der Waals surface area contributed by atoms with E-state index in [-0.39, 0.29) is 10.9 Å². The van der Waals surface area contributed by atoms with Crippen LogP contribution in [0.25, 0.3) is 21.9 Å². The number of nitrogens with two attached hydrogens (primary N) is 1. The topological polar surface area (TPSA) is 80.4 Å². The van der Waals surface area contributed by atoms with Crippen molar-refractivity contribution in [1.82, 2.24) is 0 Å². The van der Waals surface area contributed by atoms with E-state index < -0.39 is 10.1 Å². The summed E-state index contributed by atoms with van der Waals surface area (Å²) in [6.45, 7) is 2.00. The monoisotopic (exact) mass is 405 g/mol.